The summed E-state index contributed by atoms with van der Waals surface area (Å²) in [5.74, 6) is 0. The first kappa shape index (κ1) is 34.0. The molecule has 0 spiro atoms. The Balaban J connectivity index is 1.23. The maximum Gasteiger partial charge on any atom is 0.0440 e. The molecule has 0 fully saturated rings. The van der Waals surface area contributed by atoms with Gasteiger partial charge in [0.05, 0.1) is 0 Å². The molecule has 0 bridgehead atoms. The lowest BCUT2D eigenvalue weighted by Crippen LogP contribution is -2.15. The molecule has 0 nitrogen and oxygen atoms in total. The van der Waals surface area contributed by atoms with Crippen LogP contribution in [-0.2, 0) is 5.41 Å². The summed E-state index contributed by atoms with van der Waals surface area (Å²) >= 11 is 1.92. The van der Waals surface area contributed by atoms with E-state index in [0.29, 0.717) is 0 Å². The molecule has 1 aliphatic rings. The van der Waals surface area contributed by atoms with Gasteiger partial charge >= 0.3 is 0 Å². The van der Waals surface area contributed by atoms with Crippen molar-refractivity contribution in [2.45, 2.75) is 19.3 Å². The first-order chi connectivity index (χ1) is 27.5. The Kier molecular flexibility index (Phi) is 8.10. The maximum absolute atomic E-state index is 4.40. The molecule has 0 saturated heterocycles. The minimum Gasteiger partial charge on any atom is -0.135 e. The number of thiophene rings is 1. The van der Waals surface area contributed by atoms with Gasteiger partial charge in [0.1, 0.15) is 0 Å². The zero-order valence-electron chi connectivity index (χ0n) is 31.6. The van der Waals surface area contributed by atoms with Crippen molar-refractivity contribution in [2.75, 3.05) is 0 Å². The molecule has 0 radical (unpaired) electrons. The van der Waals surface area contributed by atoms with E-state index in [2.05, 4.69) is 191 Å². The number of hydrogen-bond acceptors (Lipinski definition) is 1. The van der Waals surface area contributed by atoms with Gasteiger partial charge in [-0.2, -0.15) is 0 Å². The Morgan fingerprint density at radius 2 is 1.09 bits per heavy atom. The van der Waals surface area contributed by atoms with Crippen LogP contribution < -0.4 is 0 Å². The van der Waals surface area contributed by atoms with Crippen LogP contribution in [0.25, 0.3) is 91.4 Å². The molecule has 56 heavy (non-hydrogen) atoms. The van der Waals surface area contributed by atoms with Gasteiger partial charge in [0.25, 0.3) is 0 Å². The molecular weight excluding hydrogens is 693 g/mol. The second kappa shape index (κ2) is 13.3. The molecule has 10 rings (SSSR count). The maximum atomic E-state index is 4.40. The second-order valence-electron chi connectivity index (χ2n) is 15.3. The fraction of sp³-hybridized carbons (Fsp3) is 0.0545. The molecule has 1 aliphatic carbocycles. The summed E-state index contributed by atoms with van der Waals surface area (Å²) in [4.78, 5) is 0. The summed E-state index contributed by atoms with van der Waals surface area (Å²) in [5, 5.41) is 10.2. The van der Waals surface area contributed by atoms with Gasteiger partial charge in [-0.05, 0) is 100 Å². The molecule has 9 aromatic rings. The molecule has 1 heteroatoms. The Hall–Kier alpha value is -6.54. The van der Waals surface area contributed by atoms with Crippen LogP contribution in [0.4, 0.5) is 0 Å². The standard InChI is InChI=1S/C55H40S/c1-5-6-19-35(2)37-32-33-44(41-24-13-11-22-39(37)41)43-21-10-8-7-9-20-38(40-23-12-14-25-42(40)43)36-30-31-47-49(34-36)55(3,4)53-45-26-15-16-27-46(45)54-52(51(47)53)48-28-17-18-29-50(48)56-54/h5-34H,1-2H2,3-4H3/b8-7?,9-7?,10-8?,19-6-,20-9?,21-10?,38-20?,40-38?,43-21?,43-42?. The van der Waals surface area contributed by atoms with Crippen molar-refractivity contribution in [1.29, 1.82) is 0 Å². The zero-order chi connectivity index (χ0) is 38.0. The lowest BCUT2D eigenvalue weighted by atomic mass is 9.79. The minimum atomic E-state index is -0.206. The molecular formula is C55H40S. The smallest absolute Gasteiger partial charge is 0.0440 e. The highest BCUT2D eigenvalue weighted by molar-refractivity contribution is 7.26. The van der Waals surface area contributed by atoms with Crippen molar-refractivity contribution < 1.29 is 0 Å². The molecule has 0 amide bonds. The Labute approximate surface area is 332 Å². The van der Waals surface area contributed by atoms with E-state index >= 15 is 0 Å². The third kappa shape index (κ3) is 5.19. The minimum absolute atomic E-state index is 0.206. The molecule has 8 aromatic carbocycles. The van der Waals surface area contributed by atoms with Crippen LogP contribution in [0.3, 0.4) is 0 Å². The van der Waals surface area contributed by atoms with Crippen LogP contribution in [0.5, 0.6) is 0 Å². The first-order valence-electron chi connectivity index (χ1n) is 19.3. The van der Waals surface area contributed by atoms with Gasteiger partial charge in [-0.3, -0.25) is 0 Å². The van der Waals surface area contributed by atoms with Gasteiger partial charge in [-0.25, -0.2) is 0 Å². The SMILES string of the molecule is C=C/C=C\C(=C)c1ccc(-c2ccccccc(-c3ccc4c(c3)C(C)(C)c3c-4c4c5ccccc5sc4c4ccccc34)c3ccccc23)c2ccccc12. The van der Waals surface area contributed by atoms with Gasteiger partial charge in [0.15, 0.2) is 0 Å². The van der Waals surface area contributed by atoms with Gasteiger partial charge < -0.3 is 0 Å². The average Bonchev–Trinajstić information content (AvgIpc) is 3.73. The number of benzene rings is 7. The summed E-state index contributed by atoms with van der Waals surface area (Å²) in [6, 6.07) is 60.4. The van der Waals surface area contributed by atoms with Crippen LogP contribution in [0.15, 0.2) is 195 Å². The molecule has 0 N–H and O–H groups in total. The summed E-state index contributed by atoms with van der Waals surface area (Å²) in [7, 11) is 0. The number of fused-ring (bicyclic) bond motifs is 12. The average molecular weight is 733 g/mol. The molecule has 1 aromatic heterocycles. The topological polar surface area (TPSA) is 0 Å². The molecule has 266 valence electrons. The monoisotopic (exact) mass is 732 g/mol. The fourth-order valence-corrected chi connectivity index (χ4v) is 10.5. The van der Waals surface area contributed by atoms with Crippen LogP contribution in [0, 0.1) is 0 Å². The van der Waals surface area contributed by atoms with E-state index in [1.807, 2.05) is 23.5 Å². The molecule has 0 atom stereocenters. The Morgan fingerprint density at radius 1 is 0.536 bits per heavy atom. The molecule has 0 saturated carbocycles. The van der Waals surface area contributed by atoms with Crippen molar-refractivity contribution in [1.82, 2.24) is 0 Å². The molecule has 1 heterocycles. The highest BCUT2D eigenvalue weighted by Gasteiger charge is 2.39. The van der Waals surface area contributed by atoms with E-state index in [1.165, 1.54) is 97.0 Å². The highest BCUT2D eigenvalue weighted by Crippen LogP contribution is 2.57. The van der Waals surface area contributed by atoms with E-state index < -0.39 is 0 Å². The van der Waals surface area contributed by atoms with Crippen molar-refractivity contribution in [3.63, 3.8) is 0 Å². The predicted molar refractivity (Wildman–Crippen MR) is 246 cm³/mol. The number of rotatable bonds is 5. The van der Waals surface area contributed by atoms with E-state index in [0.717, 1.165) is 11.1 Å². The van der Waals surface area contributed by atoms with Gasteiger partial charge in [-0.15, -0.1) is 11.3 Å². The zero-order valence-corrected chi connectivity index (χ0v) is 32.5. The summed E-state index contributed by atoms with van der Waals surface area (Å²) in [6.07, 6.45) is 5.77. The normalized spacial score (nSPS) is 13.0. The first-order valence-corrected chi connectivity index (χ1v) is 20.1. The van der Waals surface area contributed by atoms with Crippen molar-refractivity contribution in [3.8, 4) is 33.4 Å². The van der Waals surface area contributed by atoms with Crippen LogP contribution in [0.1, 0.15) is 30.5 Å². The lowest BCUT2D eigenvalue weighted by molar-refractivity contribution is 0.667. The fourth-order valence-electron chi connectivity index (χ4n) is 9.28. The van der Waals surface area contributed by atoms with E-state index in [9.17, 15) is 0 Å². The predicted octanol–water partition coefficient (Wildman–Crippen LogP) is 16.0. The molecule has 0 aliphatic heterocycles. The Bertz CT molecular complexity index is 3200. The van der Waals surface area contributed by atoms with E-state index in [1.54, 1.807) is 6.08 Å². The van der Waals surface area contributed by atoms with Crippen LogP contribution >= 0.6 is 11.3 Å². The summed E-state index contributed by atoms with van der Waals surface area (Å²) in [6.45, 7) is 13.1. The van der Waals surface area contributed by atoms with Gasteiger partial charge in [-0.1, -0.05) is 197 Å². The van der Waals surface area contributed by atoms with Crippen molar-refractivity contribution >= 4 is 69.4 Å². The lowest BCUT2D eigenvalue weighted by Gasteiger charge is -2.24. The van der Waals surface area contributed by atoms with Crippen molar-refractivity contribution in [3.05, 3.63) is 212 Å². The third-order valence-electron chi connectivity index (χ3n) is 11.8. The van der Waals surface area contributed by atoms with Gasteiger partial charge in [0.2, 0.25) is 0 Å². The summed E-state index contributed by atoms with van der Waals surface area (Å²) in [5.41, 5.74) is 12.2. The second-order valence-corrected chi connectivity index (χ2v) is 16.3. The third-order valence-corrected chi connectivity index (χ3v) is 13.0. The highest BCUT2D eigenvalue weighted by atomic mass is 32.1. The van der Waals surface area contributed by atoms with Crippen molar-refractivity contribution in [2.24, 2.45) is 0 Å². The van der Waals surface area contributed by atoms with Gasteiger partial charge in [0, 0.05) is 25.6 Å². The van der Waals surface area contributed by atoms with E-state index in [-0.39, 0.29) is 5.41 Å². The summed E-state index contributed by atoms with van der Waals surface area (Å²) < 4.78 is 2.72. The van der Waals surface area contributed by atoms with Crippen LogP contribution in [-0.4, -0.2) is 0 Å². The van der Waals surface area contributed by atoms with Crippen LogP contribution in [0.2, 0.25) is 0 Å². The Morgan fingerprint density at radius 3 is 1.82 bits per heavy atom. The number of hydrogen-bond donors (Lipinski definition) is 0. The molecule has 0 unspecified atom stereocenters. The van der Waals surface area contributed by atoms with E-state index in [4.69, 9.17) is 0 Å². The quantitative estimate of drug-likeness (QED) is 0.155. The number of allylic oxidation sites excluding steroid dienone is 4. The largest absolute Gasteiger partial charge is 0.135 e.